The molecule has 82 valence electrons. The smallest absolute Gasteiger partial charge is 0.265 e. The zero-order valence-electron chi connectivity index (χ0n) is 8.29. The lowest BCUT2D eigenvalue weighted by Crippen LogP contribution is -2.01. The SMILES string of the molecule is COc1ccc2c(c1S(=O)(=O)Cl)CCC2. The van der Waals surface area contributed by atoms with Gasteiger partial charge in [-0.05, 0) is 36.5 Å². The summed E-state index contributed by atoms with van der Waals surface area (Å²) in [4.78, 5) is 0.154. The minimum atomic E-state index is -3.72. The van der Waals surface area contributed by atoms with Crippen LogP contribution in [0.15, 0.2) is 17.0 Å². The lowest BCUT2D eigenvalue weighted by Gasteiger charge is -2.10. The van der Waals surface area contributed by atoms with Crippen molar-refractivity contribution in [2.24, 2.45) is 0 Å². The van der Waals surface area contributed by atoms with Crippen molar-refractivity contribution in [1.82, 2.24) is 0 Å². The van der Waals surface area contributed by atoms with Gasteiger partial charge in [-0.1, -0.05) is 6.07 Å². The van der Waals surface area contributed by atoms with E-state index >= 15 is 0 Å². The number of benzene rings is 1. The van der Waals surface area contributed by atoms with Crippen molar-refractivity contribution in [2.45, 2.75) is 24.2 Å². The summed E-state index contributed by atoms with van der Waals surface area (Å²) in [5.74, 6) is 0.339. The molecule has 0 aromatic heterocycles. The molecule has 0 unspecified atom stereocenters. The van der Waals surface area contributed by atoms with Gasteiger partial charge in [0.15, 0.2) is 0 Å². The van der Waals surface area contributed by atoms with Crippen LogP contribution in [-0.4, -0.2) is 15.5 Å². The van der Waals surface area contributed by atoms with Crippen LogP contribution >= 0.6 is 10.7 Å². The first-order valence-corrected chi connectivity index (χ1v) is 6.98. The van der Waals surface area contributed by atoms with Gasteiger partial charge < -0.3 is 4.74 Å². The molecule has 0 heterocycles. The van der Waals surface area contributed by atoms with Gasteiger partial charge in [0.05, 0.1) is 7.11 Å². The summed E-state index contributed by atoms with van der Waals surface area (Å²) in [7, 11) is 3.14. The maximum atomic E-state index is 11.5. The predicted octanol–water partition coefficient (Wildman–Crippen LogP) is 2.11. The molecule has 0 aliphatic heterocycles. The van der Waals surface area contributed by atoms with Crippen LogP contribution in [-0.2, 0) is 21.9 Å². The van der Waals surface area contributed by atoms with Crippen LogP contribution in [0.1, 0.15) is 17.5 Å². The molecule has 0 radical (unpaired) electrons. The second-order valence-electron chi connectivity index (χ2n) is 3.53. The average Bonchev–Trinajstić information content (AvgIpc) is 2.61. The Morgan fingerprint density at radius 3 is 2.67 bits per heavy atom. The van der Waals surface area contributed by atoms with Gasteiger partial charge >= 0.3 is 0 Å². The van der Waals surface area contributed by atoms with Gasteiger partial charge in [0.1, 0.15) is 10.6 Å². The highest BCUT2D eigenvalue weighted by Gasteiger charge is 2.26. The highest BCUT2D eigenvalue weighted by molar-refractivity contribution is 8.13. The summed E-state index contributed by atoms with van der Waals surface area (Å²) >= 11 is 0. The predicted molar refractivity (Wildman–Crippen MR) is 58.1 cm³/mol. The van der Waals surface area contributed by atoms with E-state index in [9.17, 15) is 8.42 Å². The average molecular weight is 247 g/mol. The van der Waals surface area contributed by atoms with Crippen molar-refractivity contribution in [3.05, 3.63) is 23.3 Å². The maximum Gasteiger partial charge on any atom is 0.265 e. The molecule has 0 saturated carbocycles. The van der Waals surface area contributed by atoms with Crippen LogP contribution < -0.4 is 4.74 Å². The fraction of sp³-hybridized carbons (Fsp3) is 0.400. The quantitative estimate of drug-likeness (QED) is 0.751. The Hall–Kier alpha value is -0.740. The van der Waals surface area contributed by atoms with Crippen molar-refractivity contribution >= 4 is 19.7 Å². The Labute approximate surface area is 93.4 Å². The number of methoxy groups -OCH3 is 1. The molecule has 0 amide bonds. The number of halogens is 1. The van der Waals surface area contributed by atoms with E-state index in [-0.39, 0.29) is 4.90 Å². The molecule has 0 spiro atoms. The molecule has 1 aliphatic rings. The summed E-state index contributed by atoms with van der Waals surface area (Å²) in [6, 6.07) is 3.58. The molecule has 1 aromatic carbocycles. The number of rotatable bonds is 2. The highest BCUT2D eigenvalue weighted by Crippen LogP contribution is 2.36. The fourth-order valence-electron chi connectivity index (χ4n) is 2.04. The molecule has 1 aromatic rings. The summed E-state index contributed by atoms with van der Waals surface area (Å²) in [6.07, 6.45) is 2.65. The maximum absolute atomic E-state index is 11.5. The second kappa shape index (κ2) is 3.68. The molecule has 0 saturated heterocycles. The summed E-state index contributed by atoms with van der Waals surface area (Å²) in [5.41, 5.74) is 1.89. The largest absolute Gasteiger partial charge is 0.495 e. The Balaban J connectivity index is 2.74. The van der Waals surface area contributed by atoms with E-state index in [1.165, 1.54) is 7.11 Å². The van der Waals surface area contributed by atoms with Gasteiger partial charge in [-0.2, -0.15) is 0 Å². The Morgan fingerprint density at radius 2 is 2.07 bits per heavy atom. The Morgan fingerprint density at radius 1 is 1.33 bits per heavy atom. The van der Waals surface area contributed by atoms with Gasteiger partial charge in [-0.3, -0.25) is 0 Å². The fourth-order valence-corrected chi connectivity index (χ4v) is 3.47. The molecule has 0 atom stereocenters. The van der Waals surface area contributed by atoms with Gasteiger partial charge in [-0.25, -0.2) is 8.42 Å². The van der Waals surface area contributed by atoms with Crippen LogP contribution in [0.5, 0.6) is 5.75 Å². The lowest BCUT2D eigenvalue weighted by atomic mass is 10.1. The van der Waals surface area contributed by atoms with E-state index in [2.05, 4.69) is 0 Å². The minimum absolute atomic E-state index is 0.154. The van der Waals surface area contributed by atoms with Gasteiger partial charge in [0.25, 0.3) is 9.05 Å². The van der Waals surface area contributed by atoms with Crippen LogP contribution in [0.2, 0.25) is 0 Å². The summed E-state index contributed by atoms with van der Waals surface area (Å²) in [6.45, 7) is 0. The number of aryl methyl sites for hydroxylation is 1. The third-order valence-electron chi connectivity index (χ3n) is 2.66. The Kier molecular flexibility index (Phi) is 2.64. The van der Waals surface area contributed by atoms with Gasteiger partial charge in [0.2, 0.25) is 0 Å². The first-order valence-electron chi connectivity index (χ1n) is 4.67. The third kappa shape index (κ3) is 1.84. The molecular formula is C10H11ClO3S. The van der Waals surface area contributed by atoms with E-state index in [1.807, 2.05) is 6.07 Å². The molecule has 1 aliphatic carbocycles. The standard InChI is InChI=1S/C10H11ClO3S/c1-14-9-6-5-7-3-2-4-8(7)10(9)15(11,12)13/h5-6H,2-4H2,1H3. The van der Waals surface area contributed by atoms with Crippen LogP contribution in [0.25, 0.3) is 0 Å². The summed E-state index contributed by atoms with van der Waals surface area (Å²) < 4.78 is 27.9. The van der Waals surface area contributed by atoms with Crippen molar-refractivity contribution in [3.63, 3.8) is 0 Å². The van der Waals surface area contributed by atoms with Gasteiger partial charge in [0, 0.05) is 10.7 Å². The first kappa shape index (κ1) is 10.8. The summed E-state index contributed by atoms with van der Waals surface area (Å²) in [5, 5.41) is 0. The van der Waals surface area contributed by atoms with Gasteiger partial charge in [-0.15, -0.1) is 0 Å². The molecule has 2 rings (SSSR count). The van der Waals surface area contributed by atoms with Crippen LogP contribution in [0.3, 0.4) is 0 Å². The molecule has 0 bridgehead atoms. The monoisotopic (exact) mass is 246 g/mol. The van der Waals surface area contributed by atoms with E-state index in [4.69, 9.17) is 15.4 Å². The zero-order chi connectivity index (χ0) is 11.1. The number of hydrogen-bond acceptors (Lipinski definition) is 3. The molecule has 3 nitrogen and oxygen atoms in total. The molecule has 0 fully saturated rings. The van der Waals surface area contributed by atoms with E-state index < -0.39 is 9.05 Å². The third-order valence-corrected chi connectivity index (χ3v) is 4.06. The van der Waals surface area contributed by atoms with Crippen LogP contribution in [0, 0.1) is 0 Å². The van der Waals surface area contributed by atoms with Crippen molar-refractivity contribution in [3.8, 4) is 5.75 Å². The molecule has 0 N–H and O–H groups in total. The number of fused-ring (bicyclic) bond motifs is 1. The van der Waals surface area contributed by atoms with Crippen molar-refractivity contribution in [1.29, 1.82) is 0 Å². The second-order valence-corrected chi connectivity index (χ2v) is 6.03. The van der Waals surface area contributed by atoms with E-state index in [1.54, 1.807) is 6.07 Å². The molecule has 5 heteroatoms. The number of hydrogen-bond donors (Lipinski definition) is 0. The molecular weight excluding hydrogens is 236 g/mol. The lowest BCUT2D eigenvalue weighted by molar-refractivity contribution is 0.402. The van der Waals surface area contributed by atoms with Crippen LogP contribution in [0.4, 0.5) is 0 Å². The topological polar surface area (TPSA) is 43.4 Å². The minimum Gasteiger partial charge on any atom is -0.495 e. The Bertz CT molecular complexity index is 494. The van der Waals surface area contributed by atoms with E-state index in [0.717, 1.165) is 30.4 Å². The number of ether oxygens (including phenoxy) is 1. The highest BCUT2D eigenvalue weighted by atomic mass is 35.7. The van der Waals surface area contributed by atoms with E-state index in [0.29, 0.717) is 5.75 Å². The normalized spacial score (nSPS) is 15.1. The molecule has 15 heavy (non-hydrogen) atoms. The van der Waals surface area contributed by atoms with Crippen molar-refractivity contribution < 1.29 is 13.2 Å². The zero-order valence-corrected chi connectivity index (χ0v) is 9.86. The first-order chi connectivity index (χ1) is 7.04. The van der Waals surface area contributed by atoms with Crippen molar-refractivity contribution in [2.75, 3.05) is 7.11 Å².